The van der Waals surface area contributed by atoms with Gasteiger partial charge in [0.15, 0.2) is 5.78 Å². The molecule has 1 aromatic rings. The zero-order valence-electron chi connectivity index (χ0n) is 14.8. The van der Waals surface area contributed by atoms with E-state index in [1.54, 1.807) is 0 Å². The SMILES string of the molecule is CC(=Cc1ccccc1)C1C(C#N)=C(N)OC2=C1C(=O)CC(C)(C)C2. The van der Waals surface area contributed by atoms with Crippen LogP contribution in [0.5, 0.6) is 0 Å². The molecular formula is C21H22N2O2. The highest BCUT2D eigenvalue weighted by Crippen LogP contribution is 2.46. The minimum atomic E-state index is -0.433. The van der Waals surface area contributed by atoms with Gasteiger partial charge in [-0.05, 0) is 17.9 Å². The zero-order valence-corrected chi connectivity index (χ0v) is 14.8. The molecule has 25 heavy (non-hydrogen) atoms. The molecule has 1 aliphatic carbocycles. The van der Waals surface area contributed by atoms with Crippen LogP contribution < -0.4 is 5.73 Å². The molecular weight excluding hydrogens is 312 g/mol. The van der Waals surface area contributed by atoms with Gasteiger partial charge >= 0.3 is 0 Å². The van der Waals surface area contributed by atoms with Gasteiger partial charge in [-0.3, -0.25) is 4.79 Å². The van der Waals surface area contributed by atoms with Crippen molar-refractivity contribution in [3.63, 3.8) is 0 Å². The maximum Gasteiger partial charge on any atom is 0.205 e. The number of benzene rings is 1. The van der Waals surface area contributed by atoms with Crippen LogP contribution in [0.4, 0.5) is 0 Å². The molecule has 0 spiro atoms. The monoisotopic (exact) mass is 334 g/mol. The molecule has 0 saturated carbocycles. The van der Waals surface area contributed by atoms with Crippen LogP contribution in [0.2, 0.25) is 0 Å². The number of carbonyl (C=O) groups is 1. The number of nitriles is 1. The summed E-state index contributed by atoms with van der Waals surface area (Å²) in [5.74, 6) is 0.330. The van der Waals surface area contributed by atoms with E-state index in [0.717, 1.165) is 11.1 Å². The van der Waals surface area contributed by atoms with Gasteiger partial charge in [-0.2, -0.15) is 5.26 Å². The number of ether oxygens (including phenoxy) is 1. The Hall–Kier alpha value is -2.80. The summed E-state index contributed by atoms with van der Waals surface area (Å²) in [5, 5.41) is 9.60. The zero-order chi connectivity index (χ0) is 18.2. The number of rotatable bonds is 2. The van der Waals surface area contributed by atoms with Crippen LogP contribution in [-0.2, 0) is 9.53 Å². The molecule has 1 aliphatic heterocycles. The maximum absolute atomic E-state index is 12.8. The highest BCUT2D eigenvalue weighted by atomic mass is 16.5. The first-order valence-electron chi connectivity index (χ1n) is 8.39. The maximum atomic E-state index is 12.8. The largest absolute Gasteiger partial charge is 0.444 e. The fourth-order valence-electron chi connectivity index (χ4n) is 3.64. The molecule has 0 saturated heterocycles. The molecule has 128 valence electrons. The second-order valence-corrected chi connectivity index (χ2v) is 7.50. The summed E-state index contributed by atoms with van der Waals surface area (Å²) in [6, 6.07) is 12.0. The van der Waals surface area contributed by atoms with E-state index in [1.165, 1.54) is 0 Å². The van der Waals surface area contributed by atoms with E-state index in [0.29, 0.717) is 29.7 Å². The third-order valence-electron chi connectivity index (χ3n) is 4.72. The highest BCUT2D eigenvalue weighted by molar-refractivity contribution is 5.99. The topological polar surface area (TPSA) is 76.1 Å². The second-order valence-electron chi connectivity index (χ2n) is 7.50. The van der Waals surface area contributed by atoms with Crippen LogP contribution in [0.1, 0.15) is 39.2 Å². The molecule has 1 heterocycles. The van der Waals surface area contributed by atoms with Gasteiger partial charge in [0.1, 0.15) is 17.4 Å². The molecule has 4 nitrogen and oxygen atoms in total. The summed E-state index contributed by atoms with van der Waals surface area (Å²) in [5.41, 5.74) is 8.69. The first kappa shape index (κ1) is 17.0. The average molecular weight is 334 g/mol. The Morgan fingerprint density at radius 1 is 1.32 bits per heavy atom. The van der Waals surface area contributed by atoms with Crippen molar-refractivity contribution in [1.82, 2.24) is 0 Å². The van der Waals surface area contributed by atoms with E-state index in [9.17, 15) is 10.1 Å². The van der Waals surface area contributed by atoms with Gasteiger partial charge in [0, 0.05) is 18.4 Å². The van der Waals surface area contributed by atoms with E-state index < -0.39 is 5.92 Å². The Morgan fingerprint density at radius 3 is 2.64 bits per heavy atom. The summed E-state index contributed by atoms with van der Waals surface area (Å²) in [4.78, 5) is 12.8. The number of carbonyl (C=O) groups excluding carboxylic acids is 1. The lowest BCUT2D eigenvalue weighted by atomic mass is 9.70. The van der Waals surface area contributed by atoms with Crippen molar-refractivity contribution in [1.29, 1.82) is 5.26 Å². The lowest BCUT2D eigenvalue weighted by Crippen LogP contribution is -2.34. The van der Waals surface area contributed by atoms with Crippen LogP contribution >= 0.6 is 0 Å². The van der Waals surface area contributed by atoms with Crippen molar-refractivity contribution in [3.05, 3.63) is 64.3 Å². The lowest BCUT2D eigenvalue weighted by Gasteiger charge is -2.37. The number of hydrogen-bond acceptors (Lipinski definition) is 4. The molecule has 4 heteroatoms. The molecule has 0 aromatic heterocycles. The van der Waals surface area contributed by atoms with Gasteiger partial charge < -0.3 is 10.5 Å². The Kier molecular flexibility index (Phi) is 4.26. The van der Waals surface area contributed by atoms with Crippen molar-refractivity contribution in [2.24, 2.45) is 17.1 Å². The minimum absolute atomic E-state index is 0.0392. The summed E-state index contributed by atoms with van der Waals surface area (Å²) in [7, 11) is 0. The van der Waals surface area contributed by atoms with Crippen molar-refractivity contribution < 1.29 is 9.53 Å². The molecule has 1 aromatic carbocycles. The average Bonchev–Trinajstić information content (AvgIpc) is 2.53. The summed E-state index contributed by atoms with van der Waals surface area (Å²) in [6.45, 7) is 6.02. The molecule has 3 rings (SSSR count). The molecule has 0 fully saturated rings. The molecule has 0 amide bonds. The summed E-state index contributed by atoms with van der Waals surface area (Å²) < 4.78 is 5.70. The number of ketones is 1. The van der Waals surface area contributed by atoms with Gasteiger partial charge in [0.05, 0.1) is 5.92 Å². The quantitative estimate of drug-likeness (QED) is 0.884. The van der Waals surface area contributed by atoms with Crippen molar-refractivity contribution in [3.8, 4) is 6.07 Å². The first-order valence-corrected chi connectivity index (χ1v) is 8.39. The van der Waals surface area contributed by atoms with Gasteiger partial charge in [0.25, 0.3) is 0 Å². The Bertz CT molecular complexity index is 852. The van der Waals surface area contributed by atoms with Crippen molar-refractivity contribution in [2.75, 3.05) is 0 Å². The summed E-state index contributed by atoms with van der Waals surface area (Å²) in [6.07, 6.45) is 3.09. The first-order chi connectivity index (χ1) is 11.8. The van der Waals surface area contributed by atoms with E-state index in [2.05, 4.69) is 6.07 Å². The normalized spacial score (nSPS) is 23.0. The van der Waals surface area contributed by atoms with Gasteiger partial charge in [-0.15, -0.1) is 0 Å². The number of nitrogens with two attached hydrogens (primary N) is 1. The number of Topliss-reactive ketones (excluding diaryl/α,β-unsaturated/α-hetero) is 1. The number of nitrogens with zero attached hydrogens (tertiary/aromatic N) is 1. The standard InChI is InChI=1S/C21H22N2O2/c1-13(9-14-7-5-4-6-8-14)18-15(12-22)20(23)25-17-11-21(2,3)10-16(24)19(17)18/h4-9,18H,10-11,23H2,1-3H3. The van der Waals surface area contributed by atoms with Crippen LogP contribution in [0.3, 0.4) is 0 Å². The molecule has 2 aliphatic rings. The number of hydrogen-bond donors (Lipinski definition) is 1. The van der Waals surface area contributed by atoms with Gasteiger partial charge in [-0.1, -0.05) is 55.8 Å². The molecule has 0 radical (unpaired) electrons. The summed E-state index contributed by atoms with van der Waals surface area (Å²) >= 11 is 0. The number of allylic oxidation sites excluding steroid dienone is 4. The third-order valence-corrected chi connectivity index (χ3v) is 4.72. The van der Waals surface area contributed by atoms with Crippen molar-refractivity contribution >= 4 is 11.9 Å². The molecule has 0 bridgehead atoms. The fraction of sp³-hybridized carbons (Fsp3) is 0.333. The minimum Gasteiger partial charge on any atom is -0.444 e. The van der Waals surface area contributed by atoms with E-state index in [-0.39, 0.29) is 17.1 Å². The van der Waals surface area contributed by atoms with Crippen LogP contribution in [0, 0.1) is 22.7 Å². The van der Waals surface area contributed by atoms with Gasteiger partial charge in [0.2, 0.25) is 5.88 Å². The highest BCUT2D eigenvalue weighted by Gasteiger charge is 2.42. The van der Waals surface area contributed by atoms with Gasteiger partial charge in [-0.25, -0.2) is 0 Å². The Labute approximate surface area is 148 Å². The Morgan fingerprint density at radius 2 is 2.00 bits per heavy atom. The smallest absolute Gasteiger partial charge is 0.205 e. The predicted octanol–water partition coefficient (Wildman–Crippen LogP) is 4.07. The predicted molar refractivity (Wildman–Crippen MR) is 96.5 cm³/mol. The lowest BCUT2D eigenvalue weighted by molar-refractivity contribution is -0.119. The Balaban J connectivity index is 2.11. The van der Waals surface area contributed by atoms with Crippen LogP contribution in [-0.4, -0.2) is 5.78 Å². The third kappa shape index (κ3) is 3.23. The fourth-order valence-corrected chi connectivity index (χ4v) is 3.64. The molecule has 1 unspecified atom stereocenters. The van der Waals surface area contributed by atoms with E-state index in [1.807, 2.05) is 57.2 Å². The second kappa shape index (κ2) is 6.25. The van der Waals surface area contributed by atoms with E-state index >= 15 is 0 Å². The van der Waals surface area contributed by atoms with Crippen molar-refractivity contribution in [2.45, 2.75) is 33.6 Å². The van der Waals surface area contributed by atoms with Crippen LogP contribution in [0.15, 0.2) is 58.7 Å². The molecule has 1 atom stereocenters. The van der Waals surface area contributed by atoms with E-state index in [4.69, 9.17) is 10.5 Å². The van der Waals surface area contributed by atoms with Crippen LogP contribution in [0.25, 0.3) is 6.08 Å². The molecule has 2 N–H and O–H groups in total.